The molecule has 0 saturated carbocycles. The van der Waals surface area contributed by atoms with E-state index in [0.29, 0.717) is 10.5 Å². The summed E-state index contributed by atoms with van der Waals surface area (Å²) in [7, 11) is -3.63. The van der Waals surface area contributed by atoms with Gasteiger partial charge in [0.05, 0.1) is 17.0 Å². The normalized spacial score (nSPS) is 11.9. The monoisotopic (exact) mass is 601 g/mol. The van der Waals surface area contributed by atoms with E-state index in [1.54, 1.807) is 24.3 Å². The maximum absolute atomic E-state index is 13.8. The molecule has 1 N–H and O–H groups in total. The van der Waals surface area contributed by atoms with E-state index in [2.05, 4.69) is 15.9 Å². The Morgan fingerprint density at radius 2 is 1.70 bits per heavy atom. The van der Waals surface area contributed by atoms with Crippen LogP contribution in [0, 0.1) is 5.82 Å². The minimum atomic E-state index is -3.63. The Morgan fingerprint density at radius 1 is 1.03 bits per heavy atom. The number of nitrogens with zero attached hydrogens (tertiary/aromatic N) is 1. The van der Waals surface area contributed by atoms with E-state index < -0.39 is 32.6 Å². The maximum Gasteiger partial charge on any atom is 0.354 e. The highest BCUT2D eigenvalue weighted by Crippen LogP contribution is 2.37. The first-order valence-electron chi connectivity index (χ1n) is 10.8. The molecule has 37 heavy (non-hydrogen) atoms. The van der Waals surface area contributed by atoms with E-state index in [9.17, 15) is 27.5 Å². The van der Waals surface area contributed by atoms with Gasteiger partial charge in [-0.3, -0.25) is 4.79 Å². The Balaban J connectivity index is 1.82. The Morgan fingerprint density at radius 3 is 2.35 bits per heavy atom. The molecule has 0 fully saturated rings. The molecule has 0 atom stereocenters. The molecule has 188 valence electrons. The van der Waals surface area contributed by atoms with Crippen molar-refractivity contribution in [2.75, 3.05) is 6.26 Å². The number of aromatic hydroxyl groups is 1. The maximum atomic E-state index is 13.8. The van der Waals surface area contributed by atoms with Crippen molar-refractivity contribution in [3.63, 3.8) is 0 Å². The third-order valence-corrected chi connectivity index (χ3v) is 8.45. The minimum absolute atomic E-state index is 0.0411. The third kappa shape index (κ3) is 4.81. The highest BCUT2D eigenvalue weighted by Gasteiger charge is 2.23. The number of sulfone groups is 1. The van der Waals surface area contributed by atoms with Crippen LogP contribution in [0.5, 0.6) is 5.75 Å². The van der Waals surface area contributed by atoms with Gasteiger partial charge in [0.2, 0.25) is 0 Å². The molecule has 0 unspecified atom stereocenters. The van der Waals surface area contributed by atoms with Gasteiger partial charge in [0, 0.05) is 21.0 Å². The van der Waals surface area contributed by atoms with Crippen molar-refractivity contribution < 1.29 is 22.3 Å². The molecule has 0 aliphatic heterocycles. The summed E-state index contributed by atoms with van der Waals surface area (Å²) in [4.78, 5) is 27.1. The topological polar surface area (TPSA) is 107 Å². The molecule has 0 saturated heterocycles. The molecular formula is C26H17BrFNO6S2. The summed E-state index contributed by atoms with van der Waals surface area (Å²) < 4.78 is 45.6. The van der Waals surface area contributed by atoms with Gasteiger partial charge in [-0.1, -0.05) is 39.8 Å². The van der Waals surface area contributed by atoms with Crippen molar-refractivity contribution >= 4 is 59.4 Å². The van der Waals surface area contributed by atoms with E-state index in [1.807, 2.05) is 0 Å². The number of hydrogen-bond donors (Lipinski definition) is 1. The third-order valence-electron chi connectivity index (χ3n) is 5.74. The molecule has 5 rings (SSSR count). The van der Waals surface area contributed by atoms with Gasteiger partial charge in [-0.2, -0.15) is 0 Å². The molecule has 0 aliphatic carbocycles. The van der Waals surface area contributed by atoms with Gasteiger partial charge in [0.1, 0.15) is 16.1 Å². The summed E-state index contributed by atoms with van der Waals surface area (Å²) in [5, 5.41) is 11.2. The largest absolute Gasteiger partial charge is 0.505 e. The average molecular weight is 602 g/mol. The first-order chi connectivity index (χ1) is 17.5. The lowest BCUT2D eigenvalue weighted by molar-refractivity contribution is 0.446. The fourth-order valence-corrected chi connectivity index (χ4v) is 5.67. The van der Waals surface area contributed by atoms with Crippen molar-refractivity contribution in [1.29, 1.82) is 0 Å². The predicted molar refractivity (Wildman–Crippen MR) is 143 cm³/mol. The number of hydrogen-bond acceptors (Lipinski definition) is 7. The smallest absolute Gasteiger partial charge is 0.354 e. The first-order valence-corrected chi connectivity index (χ1v) is 14.3. The fraction of sp³-hybridized carbons (Fsp3) is 0.0769. The summed E-state index contributed by atoms with van der Waals surface area (Å²) in [6.45, 7) is -0.0491. The number of fused-ring (bicyclic) bond motifs is 3. The molecule has 7 nitrogen and oxygen atoms in total. The first kappa shape index (κ1) is 25.2. The lowest BCUT2D eigenvalue weighted by Gasteiger charge is -2.15. The van der Waals surface area contributed by atoms with Gasteiger partial charge in [-0.15, -0.1) is 0 Å². The van der Waals surface area contributed by atoms with Crippen LogP contribution in [0.1, 0.15) is 5.56 Å². The Labute approximate surface area is 222 Å². The molecule has 2 aromatic heterocycles. The highest BCUT2D eigenvalue weighted by molar-refractivity contribution is 9.10. The number of halogens is 2. The Kier molecular flexibility index (Phi) is 6.47. The van der Waals surface area contributed by atoms with E-state index in [4.69, 9.17) is 4.42 Å². The van der Waals surface area contributed by atoms with Crippen molar-refractivity contribution in [3.8, 4) is 5.75 Å². The zero-order valence-electron chi connectivity index (χ0n) is 19.1. The van der Waals surface area contributed by atoms with Gasteiger partial charge in [-0.25, -0.2) is 17.6 Å². The zero-order chi connectivity index (χ0) is 26.5. The highest BCUT2D eigenvalue weighted by atomic mass is 79.9. The summed E-state index contributed by atoms with van der Waals surface area (Å²) in [5.74, 6) is -0.987. The van der Waals surface area contributed by atoms with Crippen LogP contribution in [0.3, 0.4) is 0 Å². The lowest BCUT2D eigenvalue weighted by atomic mass is 10.1. The van der Waals surface area contributed by atoms with Crippen LogP contribution in [-0.4, -0.2) is 24.3 Å². The number of benzene rings is 3. The van der Waals surface area contributed by atoms with Crippen LogP contribution in [0.4, 0.5) is 4.39 Å². The molecular weight excluding hydrogens is 585 g/mol. The van der Waals surface area contributed by atoms with E-state index in [1.165, 1.54) is 47.0 Å². The van der Waals surface area contributed by atoms with Gasteiger partial charge < -0.3 is 14.1 Å². The summed E-state index contributed by atoms with van der Waals surface area (Å²) in [5.41, 5.74) is -0.951. The molecule has 0 bridgehead atoms. The van der Waals surface area contributed by atoms with Crippen molar-refractivity contribution in [2.45, 2.75) is 21.2 Å². The van der Waals surface area contributed by atoms with Crippen LogP contribution in [-0.2, 0) is 16.4 Å². The van der Waals surface area contributed by atoms with E-state index in [-0.39, 0.29) is 38.2 Å². The quantitative estimate of drug-likeness (QED) is 0.272. The second-order valence-electron chi connectivity index (χ2n) is 8.30. The van der Waals surface area contributed by atoms with Crippen LogP contribution in [0.15, 0.2) is 99.9 Å². The molecule has 3 aromatic carbocycles. The van der Waals surface area contributed by atoms with Gasteiger partial charge in [0.15, 0.2) is 21.2 Å². The summed E-state index contributed by atoms with van der Waals surface area (Å²) in [6.07, 6.45) is 1.04. The standard InChI is InChI=1S/C26H17BrFNO6S2/c1-37(33,34)18-10-11-19-20(12-18)29(13-14-2-6-16(28)7-3-14)25(31)21-22(30)24(26(32)35-23(19)21)36-17-8-4-15(27)5-9-17/h2-12,30H,13H2,1H3. The van der Waals surface area contributed by atoms with Crippen molar-refractivity contribution in [2.24, 2.45) is 0 Å². The second kappa shape index (κ2) is 9.47. The molecule has 0 aliphatic rings. The van der Waals surface area contributed by atoms with Gasteiger partial charge in [-0.05, 0) is 60.2 Å². The van der Waals surface area contributed by atoms with Gasteiger partial charge >= 0.3 is 5.63 Å². The van der Waals surface area contributed by atoms with Crippen LogP contribution in [0.2, 0.25) is 0 Å². The van der Waals surface area contributed by atoms with Crippen molar-refractivity contribution in [1.82, 2.24) is 4.57 Å². The zero-order valence-corrected chi connectivity index (χ0v) is 22.3. The van der Waals surface area contributed by atoms with Crippen LogP contribution < -0.4 is 11.2 Å². The Bertz CT molecular complexity index is 1920. The molecule has 2 heterocycles. The predicted octanol–water partition coefficient (Wildman–Crippen LogP) is 5.32. The van der Waals surface area contributed by atoms with E-state index in [0.717, 1.165) is 22.5 Å². The molecule has 0 radical (unpaired) electrons. The van der Waals surface area contributed by atoms with E-state index >= 15 is 0 Å². The Hall–Kier alpha value is -3.41. The minimum Gasteiger partial charge on any atom is -0.505 e. The average Bonchev–Trinajstić information content (AvgIpc) is 2.85. The lowest BCUT2D eigenvalue weighted by Crippen LogP contribution is -2.23. The van der Waals surface area contributed by atoms with Gasteiger partial charge in [0.25, 0.3) is 5.56 Å². The number of pyridine rings is 1. The van der Waals surface area contributed by atoms with Crippen LogP contribution in [0.25, 0.3) is 21.9 Å². The molecule has 0 amide bonds. The number of rotatable bonds is 5. The molecule has 0 spiro atoms. The summed E-state index contributed by atoms with van der Waals surface area (Å²) in [6, 6.07) is 16.6. The fourth-order valence-electron chi connectivity index (χ4n) is 3.94. The van der Waals surface area contributed by atoms with Crippen molar-refractivity contribution in [3.05, 3.63) is 103 Å². The molecule has 5 aromatic rings. The summed E-state index contributed by atoms with van der Waals surface area (Å²) >= 11 is 4.29. The SMILES string of the molecule is CS(=O)(=O)c1ccc2c3oc(=O)c(Sc4ccc(Br)cc4)c(O)c3c(=O)n(Cc3ccc(F)cc3)c2c1. The molecule has 11 heteroatoms. The van der Waals surface area contributed by atoms with Crippen LogP contribution >= 0.6 is 27.7 Å². The number of aromatic nitrogens is 1. The second-order valence-corrected chi connectivity index (χ2v) is 12.3.